The number of aryl methyl sites for hydroxylation is 2. The number of halogens is 2. The molecule has 0 saturated heterocycles. The lowest BCUT2D eigenvalue weighted by Crippen LogP contribution is -2.25. The number of rotatable bonds is 3. The summed E-state index contributed by atoms with van der Waals surface area (Å²) in [6.45, 7) is 1.79. The van der Waals surface area contributed by atoms with E-state index in [0.717, 1.165) is 36.9 Å². The monoisotopic (exact) mass is 432 g/mol. The minimum Gasteiger partial charge on any atom is -0.308 e. The van der Waals surface area contributed by atoms with Crippen LogP contribution in [0.15, 0.2) is 29.1 Å². The third kappa shape index (κ3) is 4.13. The van der Waals surface area contributed by atoms with Gasteiger partial charge in [-0.15, -0.1) is 0 Å². The molecule has 0 atom stereocenters. The van der Waals surface area contributed by atoms with Crippen LogP contribution in [0.5, 0.6) is 0 Å². The standard InChI is InChI=1S/C19H18Cl2N6O2/c1-10-8-16(24-19(29)22-11-6-7-13(20)14(21)9-11)27(26-10)18-23-15-5-3-2-4-12(15)17(28)25-18/h6-9H,2-5H2,1H3,(H2,22,24,29)(H,23,25,28). The van der Waals surface area contributed by atoms with Gasteiger partial charge in [0.2, 0.25) is 5.95 Å². The van der Waals surface area contributed by atoms with Crippen molar-refractivity contribution < 1.29 is 4.79 Å². The highest BCUT2D eigenvalue weighted by Gasteiger charge is 2.19. The predicted octanol–water partition coefficient (Wildman–Crippen LogP) is 4.09. The Balaban J connectivity index is 1.60. The maximum Gasteiger partial charge on any atom is 0.324 e. The van der Waals surface area contributed by atoms with E-state index in [1.54, 1.807) is 31.2 Å². The summed E-state index contributed by atoms with van der Waals surface area (Å²) in [5.41, 5.74) is 2.50. The maximum atomic E-state index is 12.4. The number of carbonyl (C=O) groups is 1. The molecular formula is C19H18Cl2N6O2. The van der Waals surface area contributed by atoms with Gasteiger partial charge in [0.15, 0.2) is 0 Å². The normalized spacial score (nSPS) is 13.1. The van der Waals surface area contributed by atoms with Crippen LogP contribution in [0.25, 0.3) is 5.95 Å². The maximum absolute atomic E-state index is 12.4. The molecule has 10 heteroatoms. The first-order chi connectivity index (χ1) is 13.9. The van der Waals surface area contributed by atoms with Gasteiger partial charge in [-0.05, 0) is 50.8 Å². The van der Waals surface area contributed by atoms with Crippen molar-refractivity contribution in [1.29, 1.82) is 0 Å². The molecule has 2 amide bonds. The lowest BCUT2D eigenvalue weighted by molar-refractivity contribution is 0.262. The number of anilines is 2. The van der Waals surface area contributed by atoms with Crippen molar-refractivity contribution in [3.05, 3.63) is 61.6 Å². The highest BCUT2D eigenvalue weighted by molar-refractivity contribution is 6.42. The molecule has 0 saturated carbocycles. The van der Waals surface area contributed by atoms with Crippen LogP contribution in [0.4, 0.5) is 16.3 Å². The van der Waals surface area contributed by atoms with Crippen molar-refractivity contribution in [2.75, 3.05) is 10.6 Å². The summed E-state index contributed by atoms with van der Waals surface area (Å²) in [7, 11) is 0. The van der Waals surface area contributed by atoms with Crippen LogP contribution >= 0.6 is 23.2 Å². The van der Waals surface area contributed by atoms with Crippen molar-refractivity contribution in [3.63, 3.8) is 0 Å². The smallest absolute Gasteiger partial charge is 0.308 e. The molecule has 2 heterocycles. The van der Waals surface area contributed by atoms with Gasteiger partial charge >= 0.3 is 6.03 Å². The molecule has 0 aliphatic heterocycles. The van der Waals surface area contributed by atoms with Crippen LogP contribution in [-0.4, -0.2) is 25.8 Å². The molecule has 0 unspecified atom stereocenters. The lowest BCUT2D eigenvalue weighted by Gasteiger charge is -2.15. The largest absolute Gasteiger partial charge is 0.324 e. The van der Waals surface area contributed by atoms with E-state index in [-0.39, 0.29) is 11.5 Å². The second-order valence-electron chi connectivity index (χ2n) is 6.81. The van der Waals surface area contributed by atoms with E-state index >= 15 is 0 Å². The topological polar surface area (TPSA) is 105 Å². The van der Waals surface area contributed by atoms with Crippen LogP contribution in [0.2, 0.25) is 10.0 Å². The fraction of sp³-hybridized carbons (Fsp3) is 0.263. The summed E-state index contributed by atoms with van der Waals surface area (Å²) < 4.78 is 1.42. The highest BCUT2D eigenvalue weighted by atomic mass is 35.5. The summed E-state index contributed by atoms with van der Waals surface area (Å²) in [5.74, 6) is 0.646. The second kappa shape index (κ2) is 7.88. The van der Waals surface area contributed by atoms with Crippen molar-refractivity contribution in [2.24, 2.45) is 0 Å². The fourth-order valence-electron chi connectivity index (χ4n) is 3.29. The Morgan fingerprint density at radius 1 is 1.14 bits per heavy atom. The number of nitrogens with one attached hydrogen (secondary N) is 3. The van der Waals surface area contributed by atoms with E-state index in [1.807, 2.05) is 0 Å². The van der Waals surface area contributed by atoms with Crippen molar-refractivity contribution >= 4 is 40.7 Å². The first-order valence-corrected chi connectivity index (χ1v) is 9.88. The molecule has 0 bridgehead atoms. The van der Waals surface area contributed by atoms with Crippen LogP contribution in [0, 0.1) is 6.92 Å². The average Bonchev–Trinajstić information content (AvgIpc) is 3.04. The number of aromatic nitrogens is 4. The van der Waals surface area contributed by atoms with Gasteiger partial charge in [0, 0.05) is 17.3 Å². The Hall–Kier alpha value is -2.84. The summed E-state index contributed by atoms with van der Waals surface area (Å²) in [5, 5.41) is 10.5. The number of fused-ring (bicyclic) bond motifs is 1. The van der Waals surface area contributed by atoms with Gasteiger partial charge in [0.1, 0.15) is 5.82 Å². The number of aromatic amines is 1. The van der Waals surface area contributed by atoms with E-state index in [0.29, 0.717) is 27.2 Å². The molecule has 3 aromatic rings. The molecular weight excluding hydrogens is 415 g/mol. The molecule has 150 valence electrons. The summed E-state index contributed by atoms with van der Waals surface area (Å²) in [6, 6.07) is 5.97. The quantitative estimate of drug-likeness (QED) is 0.579. The van der Waals surface area contributed by atoms with E-state index in [1.165, 1.54) is 4.68 Å². The van der Waals surface area contributed by atoms with Gasteiger partial charge in [-0.3, -0.25) is 15.1 Å². The zero-order valence-electron chi connectivity index (χ0n) is 15.6. The molecule has 8 nitrogen and oxygen atoms in total. The molecule has 0 spiro atoms. The molecule has 2 aromatic heterocycles. The summed E-state index contributed by atoms with van der Waals surface area (Å²) in [6.07, 6.45) is 3.47. The summed E-state index contributed by atoms with van der Waals surface area (Å²) in [4.78, 5) is 32.2. The van der Waals surface area contributed by atoms with Crippen LogP contribution in [0.3, 0.4) is 0 Å². The molecule has 1 aliphatic rings. The van der Waals surface area contributed by atoms with Gasteiger partial charge in [-0.25, -0.2) is 9.78 Å². The van der Waals surface area contributed by atoms with Gasteiger partial charge < -0.3 is 5.32 Å². The minimum atomic E-state index is -0.496. The number of H-pyrrole nitrogens is 1. The van der Waals surface area contributed by atoms with E-state index in [4.69, 9.17) is 23.2 Å². The fourth-order valence-corrected chi connectivity index (χ4v) is 3.59. The number of amides is 2. The highest BCUT2D eigenvalue weighted by Crippen LogP contribution is 2.25. The number of carbonyl (C=O) groups excluding carboxylic acids is 1. The average molecular weight is 433 g/mol. The van der Waals surface area contributed by atoms with Crippen molar-refractivity contribution in [2.45, 2.75) is 32.6 Å². The number of hydrogen-bond donors (Lipinski definition) is 3. The van der Waals surface area contributed by atoms with Crippen LogP contribution in [-0.2, 0) is 12.8 Å². The van der Waals surface area contributed by atoms with Gasteiger partial charge in [0.05, 0.1) is 21.4 Å². The van der Waals surface area contributed by atoms with Gasteiger partial charge in [-0.2, -0.15) is 9.78 Å². The van der Waals surface area contributed by atoms with E-state index in [9.17, 15) is 9.59 Å². The molecule has 1 aliphatic carbocycles. The molecule has 4 rings (SSSR count). The Morgan fingerprint density at radius 2 is 1.93 bits per heavy atom. The Bertz CT molecular complexity index is 1150. The Kier molecular flexibility index (Phi) is 5.29. The number of nitrogens with zero attached hydrogens (tertiary/aromatic N) is 3. The lowest BCUT2D eigenvalue weighted by atomic mass is 9.97. The van der Waals surface area contributed by atoms with Crippen molar-refractivity contribution in [3.8, 4) is 5.95 Å². The van der Waals surface area contributed by atoms with Gasteiger partial charge in [-0.1, -0.05) is 23.2 Å². The van der Waals surface area contributed by atoms with E-state index < -0.39 is 6.03 Å². The van der Waals surface area contributed by atoms with Gasteiger partial charge in [0.25, 0.3) is 5.56 Å². The molecule has 3 N–H and O–H groups in total. The zero-order chi connectivity index (χ0) is 20.5. The predicted molar refractivity (Wildman–Crippen MR) is 112 cm³/mol. The Morgan fingerprint density at radius 3 is 2.72 bits per heavy atom. The van der Waals surface area contributed by atoms with E-state index in [2.05, 4.69) is 25.7 Å². The molecule has 0 radical (unpaired) electrons. The Labute approximate surface area is 176 Å². The first kappa shape index (κ1) is 19.5. The zero-order valence-corrected chi connectivity index (χ0v) is 17.1. The summed E-state index contributed by atoms with van der Waals surface area (Å²) >= 11 is 11.9. The third-order valence-electron chi connectivity index (χ3n) is 4.63. The van der Waals surface area contributed by atoms with Crippen molar-refractivity contribution in [1.82, 2.24) is 19.7 Å². The molecule has 29 heavy (non-hydrogen) atoms. The minimum absolute atomic E-state index is 0.163. The van der Waals surface area contributed by atoms with Crippen LogP contribution in [0.1, 0.15) is 29.8 Å². The first-order valence-electron chi connectivity index (χ1n) is 9.13. The van der Waals surface area contributed by atoms with Crippen LogP contribution < -0.4 is 16.2 Å². The number of hydrogen-bond acceptors (Lipinski definition) is 4. The molecule has 0 fully saturated rings. The molecule has 1 aromatic carbocycles. The number of benzene rings is 1. The SMILES string of the molecule is Cc1cc(NC(=O)Nc2ccc(Cl)c(Cl)c2)n(-c2nc3c(c(=O)[nH]2)CCCC3)n1. The second-order valence-corrected chi connectivity index (χ2v) is 7.63. The third-order valence-corrected chi connectivity index (χ3v) is 5.37. The number of urea groups is 1.